The third-order valence-corrected chi connectivity index (χ3v) is 2.02. The molecular formula is C12H13N3. The first-order chi connectivity index (χ1) is 7.19. The van der Waals surface area contributed by atoms with E-state index >= 15 is 0 Å². The van der Waals surface area contributed by atoms with Gasteiger partial charge in [0.05, 0.1) is 5.56 Å². The van der Waals surface area contributed by atoms with Crippen molar-refractivity contribution in [2.75, 3.05) is 11.9 Å². The van der Waals surface area contributed by atoms with Gasteiger partial charge in [-0.15, -0.1) is 12.3 Å². The molecule has 0 unspecified atom stereocenters. The summed E-state index contributed by atoms with van der Waals surface area (Å²) in [4.78, 5) is 4.27. The second-order valence-corrected chi connectivity index (χ2v) is 3.30. The molecule has 0 atom stereocenters. The minimum absolute atomic E-state index is 0.595. The molecule has 76 valence electrons. The van der Waals surface area contributed by atoms with E-state index < -0.39 is 0 Å². The lowest BCUT2D eigenvalue weighted by molar-refractivity contribution is 1.05. The average Bonchev–Trinajstić information content (AvgIpc) is 2.17. The van der Waals surface area contributed by atoms with Crippen LogP contribution in [0, 0.1) is 37.5 Å². The summed E-state index contributed by atoms with van der Waals surface area (Å²) in [5, 5.41) is 12.0. The molecule has 1 aromatic rings. The molecule has 0 aliphatic rings. The van der Waals surface area contributed by atoms with Gasteiger partial charge in [-0.05, 0) is 25.5 Å². The van der Waals surface area contributed by atoms with Crippen molar-refractivity contribution in [1.29, 1.82) is 5.26 Å². The number of aryl methyl sites for hydroxylation is 2. The van der Waals surface area contributed by atoms with Crippen molar-refractivity contribution in [3.05, 3.63) is 22.9 Å². The molecule has 0 aromatic carbocycles. The Morgan fingerprint density at radius 2 is 2.27 bits per heavy atom. The van der Waals surface area contributed by atoms with Crippen LogP contribution < -0.4 is 5.32 Å². The lowest BCUT2D eigenvalue weighted by atomic mass is 10.1. The van der Waals surface area contributed by atoms with Gasteiger partial charge in [-0.2, -0.15) is 5.26 Å². The van der Waals surface area contributed by atoms with Gasteiger partial charge in [0.1, 0.15) is 11.9 Å². The zero-order valence-electron chi connectivity index (χ0n) is 8.96. The van der Waals surface area contributed by atoms with Gasteiger partial charge in [-0.25, -0.2) is 4.98 Å². The van der Waals surface area contributed by atoms with E-state index in [2.05, 4.69) is 22.3 Å². The first-order valence-electron chi connectivity index (χ1n) is 4.74. The van der Waals surface area contributed by atoms with Crippen molar-refractivity contribution in [2.45, 2.75) is 20.3 Å². The van der Waals surface area contributed by atoms with Gasteiger partial charge in [0.25, 0.3) is 0 Å². The summed E-state index contributed by atoms with van der Waals surface area (Å²) in [5.41, 5.74) is 2.43. The van der Waals surface area contributed by atoms with Gasteiger partial charge >= 0.3 is 0 Å². The van der Waals surface area contributed by atoms with E-state index in [9.17, 15) is 0 Å². The van der Waals surface area contributed by atoms with Crippen molar-refractivity contribution < 1.29 is 0 Å². The summed E-state index contributed by atoms with van der Waals surface area (Å²) in [6.45, 7) is 4.45. The minimum atomic E-state index is 0.595. The summed E-state index contributed by atoms with van der Waals surface area (Å²) in [7, 11) is 0. The third-order valence-electron chi connectivity index (χ3n) is 2.02. The van der Waals surface area contributed by atoms with Gasteiger partial charge < -0.3 is 5.32 Å². The van der Waals surface area contributed by atoms with Crippen LogP contribution in [0.1, 0.15) is 23.2 Å². The molecule has 1 rings (SSSR count). The molecule has 0 bridgehead atoms. The van der Waals surface area contributed by atoms with Crippen LogP contribution in [0.15, 0.2) is 6.07 Å². The highest BCUT2D eigenvalue weighted by Crippen LogP contribution is 2.17. The quantitative estimate of drug-likeness (QED) is 0.598. The van der Waals surface area contributed by atoms with Crippen molar-refractivity contribution in [1.82, 2.24) is 4.98 Å². The highest BCUT2D eigenvalue weighted by molar-refractivity contribution is 5.56. The van der Waals surface area contributed by atoms with Crippen LogP contribution in [0.4, 0.5) is 5.82 Å². The molecule has 0 amide bonds. The van der Waals surface area contributed by atoms with E-state index in [4.69, 9.17) is 11.7 Å². The summed E-state index contributed by atoms with van der Waals surface area (Å²) < 4.78 is 0. The first-order valence-corrected chi connectivity index (χ1v) is 4.74. The molecule has 0 radical (unpaired) electrons. The number of rotatable bonds is 3. The predicted molar refractivity (Wildman–Crippen MR) is 60.4 cm³/mol. The standard InChI is InChI=1S/C12H13N3/c1-4-5-6-14-12-11(8-13)9(2)7-10(3)15-12/h1,7H,5-6H2,2-3H3,(H,14,15). The SMILES string of the molecule is C#CCCNc1nc(C)cc(C)c1C#N. The number of nitrogens with zero attached hydrogens (tertiary/aromatic N) is 2. The fraction of sp³-hybridized carbons (Fsp3) is 0.333. The minimum Gasteiger partial charge on any atom is -0.368 e. The smallest absolute Gasteiger partial charge is 0.144 e. The van der Waals surface area contributed by atoms with Gasteiger partial charge in [0.2, 0.25) is 0 Å². The van der Waals surface area contributed by atoms with Gasteiger partial charge in [0.15, 0.2) is 0 Å². The largest absolute Gasteiger partial charge is 0.368 e. The molecule has 0 fully saturated rings. The Hall–Kier alpha value is -2.00. The number of anilines is 1. The van der Waals surface area contributed by atoms with Gasteiger partial charge in [-0.3, -0.25) is 0 Å². The normalized spacial score (nSPS) is 9.07. The molecule has 0 aliphatic heterocycles. The van der Waals surface area contributed by atoms with Crippen molar-refractivity contribution >= 4 is 5.82 Å². The maximum atomic E-state index is 8.98. The molecule has 0 aliphatic carbocycles. The van der Waals surface area contributed by atoms with E-state index in [1.165, 1.54) is 0 Å². The summed E-state index contributed by atoms with van der Waals surface area (Å²) in [6.07, 6.45) is 5.77. The highest BCUT2D eigenvalue weighted by Gasteiger charge is 2.06. The van der Waals surface area contributed by atoms with E-state index in [0.29, 0.717) is 24.3 Å². The lowest BCUT2D eigenvalue weighted by Gasteiger charge is -2.08. The van der Waals surface area contributed by atoms with E-state index in [1.807, 2.05) is 19.9 Å². The molecular weight excluding hydrogens is 186 g/mol. The molecule has 15 heavy (non-hydrogen) atoms. The second-order valence-electron chi connectivity index (χ2n) is 3.30. The van der Waals surface area contributed by atoms with Crippen LogP contribution in [-0.2, 0) is 0 Å². The van der Waals surface area contributed by atoms with E-state index in [0.717, 1.165) is 11.3 Å². The summed E-state index contributed by atoms with van der Waals surface area (Å²) in [5.74, 6) is 3.16. The number of hydrogen-bond acceptors (Lipinski definition) is 3. The maximum absolute atomic E-state index is 8.98. The molecule has 0 spiro atoms. The summed E-state index contributed by atoms with van der Waals surface area (Å²) in [6, 6.07) is 4.04. The van der Waals surface area contributed by atoms with Crippen molar-refractivity contribution in [3.63, 3.8) is 0 Å². The topological polar surface area (TPSA) is 48.7 Å². The highest BCUT2D eigenvalue weighted by atomic mass is 15.0. The van der Waals surface area contributed by atoms with Crippen LogP contribution >= 0.6 is 0 Å². The van der Waals surface area contributed by atoms with Crippen LogP contribution in [0.2, 0.25) is 0 Å². The molecule has 1 heterocycles. The monoisotopic (exact) mass is 199 g/mol. The number of nitriles is 1. The van der Waals surface area contributed by atoms with Crippen LogP contribution in [0.5, 0.6) is 0 Å². The Morgan fingerprint density at radius 1 is 1.53 bits per heavy atom. The fourth-order valence-corrected chi connectivity index (χ4v) is 1.36. The number of terminal acetylenes is 1. The Morgan fingerprint density at radius 3 is 2.87 bits per heavy atom. The Bertz CT molecular complexity index is 435. The maximum Gasteiger partial charge on any atom is 0.144 e. The summed E-state index contributed by atoms with van der Waals surface area (Å²) >= 11 is 0. The molecule has 1 aromatic heterocycles. The van der Waals surface area contributed by atoms with Crippen LogP contribution in [0.25, 0.3) is 0 Å². The number of pyridine rings is 1. The van der Waals surface area contributed by atoms with Crippen molar-refractivity contribution in [3.8, 4) is 18.4 Å². The van der Waals surface area contributed by atoms with E-state index in [1.54, 1.807) is 0 Å². The average molecular weight is 199 g/mol. The second kappa shape index (κ2) is 5.02. The zero-order valence-corrected chi connectivity index (χ0v) is 8.96. The lowest BCUT2D eigenvalue weighted by Crippen LogP contribution is -2.06. The van der Waals surface area contributed by atoms with E-state index in [-0.39, 0.29) is 0 Å². The molecule has 0 saturated heterocycles. The molecule has 3 nitrogen and oxygen atoms in total. The fourth-order valence-electron chi connectivity index (χ4n) is 1.36. The molecule has 1 N–H and O–H groups in total. The molecule has 3 heteroatoms. The van der Waals surface area contributed by atoms with Gasteiger partial charge in [-0.1, -0.05) is 0 Å². The number of hydrogen-bond donors (Lipinski definition) is 1. The zero-order chi connectivity index (χ0) is 11.3. The third kappa shape index (κ3) is 2.72. The Balaban J connectivity index is 2.96. The Kier molecular flexibility index (Phi) is 3.71. The van der Waals surface area contributed by atoms with Crippen LogP contribution in [-0.4, -0.2) is 11.5 Å². The molecule has 0 saturated carbocycles. The van der Waals surface area contributed by atoms with Gasteiger partial charge in [0, 0.05) is 18.7 Å². The first kappa shape index (κ1) is 11.1. The predicted octanol–water partition coefficient (Wildman–Crippen LogP) is 2.01. The van der Waals surface area contributed by atoms with Crippen LogP contribution in [0.3, 0.4) is 0 Å². The van der Waals surface area contributed by atoms with Crippen molar-refractivity contribution in [2.24, 2.45) is 0 Å². The Labute approximate surface area is 90.1 Å². The number of aromatic nitrogens is 1. The number of nitrogens with one attached hydrogen (secondary N) is 1.